The highest BCUT2D eigenvalue weighted by Crippen LogP contribution is 2.35. The Morgan fingerprint density at radius 1 is 1.44 bits per heavy atom. The lowest BCUT2D eigenvalue weighted by Gasteiger charge is -2.26. The van der Waals surface area contributed by atoms with Gasteiger partial charge in [0.1, 0.15) is 12.1 Å². The Balaban J connectivity index is 2.09. The predicted molar refractivity (Wildman–Crippen MR) is 64.6 cm³/mol. The van der Waals surface area contributed by atoms with Crippen molar-refractivity contribution in [2.24, 2.45) is 11.7 Å². The van der Waals surface area contributed by atoms with Crippen LogP contribution in [-0.4, -0.2) is 29.0 Å². The second-order valence-corrected chi connectivity index (χ2v) is 4.83. The molecular formula is C12H21N3O3. The predicted octanol–water partition coefficient (Wildman–Crippen LogP) is 1.33. The summed E-state index contributed by atoms with van der Waals surface area (Å²) < 4.78 is 10.6. The van der Waals surface area contributed by atoms with Crippen molar-refractivity contribution < 1.29 is 14.4 Å². The van der Waals surface area contributed by atoms with Gasteiger partial charge in [0.15, 0.2) is 0 Å². The molecule has 1 heterocycles. The van der Waals surface area contributed by atoms with Crippen molar-refractivity contribution >= 4 is 0 Å². The Bertz CT molecular complexity index is 363. The zero-order valence-electron chi connectivity index (χ0n) is 10.7. The second kappa shape index (κ2) is 6.26. The van der Waals surface area contributed by atoms with Crippen molar-refractivity contribution in [1.29, 1.82) is 0 Å². The van der Waals surface area contributed by atoms with Gasteiger partial charge in [0.2, 0.25) is 11.7 Å². The largest absolute Gasteiger partial charge is 0.394 e. The van der Waals surface area contributed by atoms with Crippen molar-refractivity contribution in [2.45, 2.75) is 44.2 Å². The van der Waals surface area contributed by atoms with Crippen molar-refractivity contribution in [3.63, 3.8) is 0 Å². The van der Waals surface area contributed by atoms with Crippen molar-refractivity contribution in [3.8, 4) is 0 Å². The van der Waals surface area contributed by atoms with Gasteiger partial charge in [-0.25, -0.2) is 0 Å². The van der Waals surface area contributed by atoms with Crippen molar-refractivity contribution in [2.75, 3.05) is 13.7 Å². The number of aliphatic hydroxyl groups is 1. The number of ether oxygens (including phenoxy) is 1. The molecule has 0 aromatic carbocycles. The van der Waals surface area contributed by atoms with Crippen molar-refractivity contribution in [1.82, 2.24) is 10.1 Å². The molecule has 1 saturated carbocycles. The fraction of sp³-hybridized carbons (Fsp3) is 0.833. The number of aromatic nitrogens is 2. The number of hydrogen-bond acceptors (Lipinski definition) is 6. The van der Waals surface area contributed by atoms with E-state index >= 15 is 0 Å². The second-order valence-electron chi connectivity index (χ2n) is 4.83. The molecule has 6 heteroatoms. The first-order chi connectivity index (χ1) is 8.76. The topological polar surface area (TPSA) is 94.4 Å². The van der Waals surface area contributed by atoms with Crippen LogP contribution in [0.4, 0.5) is 0 Å². The highest BCUT2D eigenvalue weighted by atomic mass is 16.5. The van der Waals surface area contributed by atoms with Crippen LogP contribution >= 0.6 is 0 Å². The highest BCUT2D eigenvalue weighted by molar-refractivity contribution is 4.97. The fourth-order valence-electron chi connectivity index (χ4n) is 2.54. The van der Waals surface area contributed by atoms with Gasteiger partial charge in [-0.15, -0.1) is 0 Å². The minimum absolute atomic E-state index is 0.131. The van der Waals surface area contributed by atoms with E-state index in [1.54, 1.807) is 7.11 Å². The van der Waals surface area contributed by atoms with Gasteiger partial charge in [0.05, 0.1) is 6.61 Å². The molecule has 0 spiro atoms. The molecular weight excluding hydrogens is 234 g/mol. The quantitative estimate of drug-likeness (QED) is 0.824. The zero-order chi connectivity index (χ0) is 13.0. The number of hydrogen-bond donors (Lipinski definition) is 2. The molecule has 3 N–H and O–H groups in total. The van der Waals surface area contributed by atoms with E-state index in [-0.39, 0.29) is 18.6 Å². The van der Waals surface area contributed by atoms with E-state index < -0.39 is 6.04 Å². The Morgan fingerprint density at radius 3 is 2.78 bits per heavy atom. The summed E-state index contributed by atoms with van der Waals surface area (Å²) in [6, 6.07) is -0.616. The molecule has 0 bridgehead atoms. The molecule has 18 heavy (non-hydrogen) atoms. The summed E-state index contributed by atoms with van der Waals surface area (Å²) in [4.78, 5) is 4.24. The lowest BCUT2D eigenvalue weighted by Crippen LogP contribution is -2.19. The number of nitrogens with two attached hydrogens (primary N) is 1. The van der Waals surface area contributed by atoms with Crippen LogP contribution < -0.4 is 5.73 Å². The first kappa shape index (κ1) is 13.5. The van der Waals surface area contributed by atoms with Crippen LogP contribution in [0.1, 0.15) is 56.0 Å². The number of methoxy groups -OCH3 is 1. The maximum Gasteiger partial charge on any atom is 0.246 e. The molecule has 0 saturated heterocycles. The Kier molecular flexibility index (Phi) is 4.68. The lowest BCUT2D eigenvalue weighted by atomic mass is 9.85. The van der Waals surface area contributed by atoms with Gasteiger partial charge in [-0.1, -0.05) is 24.4 Å². The summed E-state index contributed by atoms with van der Waals surface area (Å²) in [6.45, 7) is -0.206. The van der Waals surface area contributed by atoms with Gasteiger partial charge < -0.3 is 20.1 Å². The summed E-state index contributed by atoms with van der Waals surface area (Å²) >= 11 is 0. The average Bonchev–Trinajstić information content (AvgIpc) is 2.89. The zero-order valence-corrected chi connectivity index (χ0v) is 10.7. The summed E-state index contributed by atoms with van der Waals surface area (Å²) in [5, 5.41) is 12.9. The van der Waals surface area contributed by atoms with E-state index in [0.717, 1.165) is 12.8 Å². The standard InChI is InChI=1S/C12H21N3O3/c1-17-10(8-5-3-2-4-6-8)11-14-12(18-15-11)9(13)7-16/h8-10,16H,2-7,13H2,1H3. The summed E-state index contributed by atoms with van der Waals surface area (Å²) in [7, 11) is 1.67. The third kappa shape index (κ3) is 2.88. The van der Waals surface area contributed by atoms with E-state index in [0.29, 0.717) is 11.7 Å². The average molecular weight is 255 g/mol. The van der Waals surface area contributed by atoms with Gasteiger partial charge in [0, 0.05) is 7.11 Å². The molecule has 1 aliphatic carbocycles. The molecule has 0 radical (unpaired) electrons. The molecule has 2 atom stereocenters. The Morgan fingerprint density at radius 2 is 2.17 bits per heavy atom. The molecule has 6 nitrogen and oxygen atoms in total. The Labute approximate surface area is 107 Å². The van der Waals surface area contributed by atoms with Crippen molar-refractivity contribution in [3.05, 3.63) is 11.7 Å². The fourth-order valence-corrected chi connectivity index (χ4v) is 2.54. The van der Waals surface area contributed by atoms with E-state index in [9.17, 15) is 0 Å². The maximum absolute atomic E-state index is 8.96. The molecule has 1 aromatic rings. The van der Waals surface area contributed by atoms with Gasteiger partial charge >= 0.3 is 0 Å². The molecule has 0 amide bonds. The monoisotopic (exact) mass is 255 g/mol. The normalized spacial score (nSPS) is 20.8. The minimum Gasteiger partial charge on any atom is -0.394 e. The molecule has 1 aromatic heterocycles. The third-order valence-corrected chi connectivity index (χ3v) is 3.56. The first-order valence-corrected chi connectivity index (χ1v) is 6.49. The van der Waals surface area contributed by atoms with E-state index in [1.807, 2.05) is 0 Å². The molecule has 2 unspecified atom stereocenters. The first-order valence-electron chi connectivity index (χ1n) is 6.49. The molecule has 102 valence electrons. The third-order valence-electron chi connectivity index (χ3n) is 3.56. The number of rotatable bonds is 5. The molecule has 1 aliphatic rings. The van der Waals surface area contributed by atoms with E-state index in [1.165, 1.54) is 19.3 Å². The van der Waals surface area contributed by atoms with Gasteiger partial charge in [0.25, 0.3) is 0 Å². The van der Waals surface area contributed by atoms with Gasteiger partial charge in [-0.05, 0) is 18.8 Å². The van der Waals surface area contributed by atoms with Crippen LogP contribution in [0.15, 0.2) is 4.52 Å². The smallest absolute Gasteiger partial charge is 0.246 e. The van der Waals surface area contributed by atoms with Gasteiger partial charge in [-0.2, -0.15) is 4.98 Å². The minimum atomic E-state index is -0.616. The van der Waals surface area contributed by atoms with Crippen LogP contribution in [0, 0.1) is 5.92 Å². The van der Waals surface area contributed by atoms with Crippen LogP contribution in [0.2, 0.25) is 0 Å². The van der Waals surface area contributed by atoms with E-state index in [4.69, 9.17) is 20.1 Å². The van der Waals surface area contributed by atoms with Crippen LogP contribution in [0.5, 0.6) is 0 Å². The van der Waals surface area contributed by atoms with Crippen LogP contribution in [-0.2, 0) is 4.74 Å². The maximum atomic E-state index is 8.96. The van der Waals surface area contributed by atoms with Gasteiger partial charge in [-0.3, -0.25) is 0 Å². The summed E-state index contributed by atoms with van der Waals surface area (Å²) in [5.74, 6) is 1.26. The molecule has 0 aliphatic heterocycles. The molecule has 1 fully saturated rings. The number of aliphatic hydroxyl groups excluding tert-OH is 1. The molecule has 2 rings (SSSR count). The summed E-state index contributed by atoms with van der Waals surface area (Å²) in [6.07, 6.45) is 5.88. The van der Waals surface area contributed by atoms with E-state index in [2.05, 4.69) is 10.1 Å². The lowest BCUT2D eigenvalue weighted by molar-refractivity contribution is 0.0273. The van der Waals surface area contributed by atoms with Crippen LogP contribution in [0.25, 0.3) is 0 Å². The Hall–Kier alpha value is -0.980. The highest BCUT2D eigenvalue weighted by Gasteiger charge is 2.29. The SMILES string of the molecule is COC(c1noc(C(N)CO)n1)C1CCCCC1. The number of nitrogens with zero attached hydrogens (tertiary/aromatic N) is 2. The summed E-state index contributed by atoms with van der Waals surface area (Å²) in [5.41, 5.74) is 5.64. The van der Waals surface area contributed by atoms with Crippen LogP contribution in [0.3, 0.4) is 0 Å².